The lowest BCUT2D eigenvalue weighted by atomic mass is 9.97. The highest BCUT2D eigenvalue weighted by Crippen LogP contribution is 2.38. The number of fused-ring (bicyclic) bond motifs is 3. The molecule has 0 atom stereocenters. The zero-order chi connectivity index (χ0) is 22.1. The second-order valence-electron chi connectivity index (χ2n) is 7.18. The standard InChI is InChI=1S/C20H19N7O3S2/c21-17-16-11-5-1-2-6-12(11)32-18(16)24-19(23-17)30-9-14-25-26-20(31-10-15(28)29)27(14)13-7-3-4-8-22-13/h3-4,7-8H,1-2,5-6,9-10H2,(H,28,29)(H2,21,23,24). The number of nitrogens with zero attached hydrogens (tertiary/aromatic N) is 6. The summed E-state index contributed by atoms with van der Waals surface area (Å²) in [7, 11) is 0. The van der Waals surface area contributed by atoms with Crippen LogP contribution in [-0.4, -0.2) is 46.5 Å². The fourth-order valence-electron chi connectivity index (χ4n) is 3.69. The molecule has 0 bridgehead atoms. The van der Waals surface area contributed by atoms with Crippen molar-refractivity contribution in [3.05, 3.63) is 40.7 Å². The Morgan fingerprint density at radius 3 is 2.94 bits per heavy atom. The Kier molecular flexibility index (Phi) is 5.62. The van der Waals surface area contributed by atoms with Gasteiger partial charge >= 0.3 is 12.0 Å². The van der Waals surface area contributed by atoms with Gasteiger partial charge < -0.3 is 15.6 Å². The number of rotatable bonds is 7. The van der Waals surface area contributed by atoms with Crippen LogP contribution in [0.25, 0.3) is 16.0 Å². The molecule has 4 aromatic heterocycles. The predicted molar refractivity (Wildman–Crippen MR) is 120 cm³/mol. The Morgan fingerprint density at radius 1 is 1.25 bits per heavy atom. The van der Waals surface area contributed by atoms with Crippen LogP contribution in [0.5, 0.6) is 6.01 Å². The molecule has 1 aliphatic carbocycles. The van der Waals surface area contributed by atoms with E-state index >= 15 is 0 Å². The lowest BCUT2D eigenvalue weighted by Gasteiger charge is -2.11. The minimum absolute atomic E-state index is 0.0211. The number of nitrogen functional groups attached to an aromatic ring is 1. The average molecular weight is 470 g/mol. The third kappa shape index (κ3) is 3.98. The number of anilines is 1. The Hall–Kier alpha value is -3.25. The van der Waals surface area contributed by atoms with Crippen LogP contribution in [-0.2, 0) is 24.2 Å². The van der Waals surface area contributed by atoms with E-state index in [4.69, 9.17) is 15.6 Å². The van der Waals surface area contributed by atoms with Gasteiger partial charge in [-0.3, -0.25) is 9.36 Å². The summed E-state index contributed by atoms with van der Waals surface area (Å²) in [6.45, 7) is 0.0211. The molecule has 12 heteroatoms. The molecular formula is C20H19N7O3S2. The lowest BCUT2D eigenvalue weighted by molar-refractivity contribution is -0.133. The molecule has 0 aromatic carbocycles. The van der Waals surface area contributed by atoms with E-state index in [-0.39, 0.29) is 18.4 Å². The second kappa shape index (κ2) is 8.71. The van der Waals surface area contributed by atoms with Crippen LogP contribution in [0.3, 0.4) is 0 Å². The van der Waals surface area contributed by atoms with E-state index in [1.54, 1.807) is 34.2 Å². The van der Waals surface area contributed by atoms with Crippen molar-refractivity contribution in [1.82, 2.24) is 29.7 Å². The fraction of sp³-hybridized carbons (Fsp3) is 0.300. The molecule has 3 N–H and O–H groups in total. The van der Waals surface area contributed by atoms with Gasteiger partial charge in [-0.2, -0.15) is 9.97 Å². The number of ether oxygens (including phenoxy) is 1. The highest BCUT2D eigenvalue weighted by Gasteiger charge is 2.21. The van der Waals surface area contributed by atoms with Gasteiger partial charge in [-0.1, -0.05) is 17.8 Å². The van der Waals surface area contributed by atoms with Crippen LogP contribution in [0, 0.1) is 0 Å². The number of carboxylic acids is 1. The number of carbonyl (C=O) groups is 1. The molecule has 0 saturated heterocycles. The van der Waals surface area contributed by atoms with Gasteiger partial charge in [-0.15, -0.1) is 21.5 Å². The van der Waals surface area contributed by atoms with Crippen LogP contribution in [0.4, 0.5) is 5.82 Å². The third-order valence-corrected chi connectivity index (χ3v) is 7.16. The van der Waals surface area contributed by atoms with Gasteiger partial charge in [0.05, 0.1) is 11.1 Å². The Morgan fingerprint density at radius 2 is 2.12 bits per heavy atom. The first-order valence-electron chi connectivity index (χ1n) is 10.0. The number of aliphatic carboxylic acids is 1. The van der Waals surface area contributed by atoms with Gasteiger partial charge in [0.1, 0.15) is 16.5 Å². The minimum atomic E-state index is -0.945. The van der Waals surface area contributed by atoms with Crippen LogP contribution in [0.2, 0.25) is 0 Å². The molecule has 0 amide bonds. The topological polar surface area (TPSA) is 142 Å². The van der Waals surface area contributed by atoms with E-state index in [0.717, 1.165) is 41.2 Å². The van der Waals surface area contributed by atoms with Gasteiger partial charge in [0.15, 0.2) is 17.6 Å². The second-order valence-corrected chi connectivity index (χ2v) is 9.20. The molecule has 0 unspecified atom stereocenters. The monoisotopic (exact) mass is 469 g/mol. The molecule has 10 nitrogen and oxygen atoms in total. The molecular weight excluding hydrogens is 450 g/mol. The number of thioether (sulfide) groups is 1. The zero-order valence-corrected chi connectivity index (χ0v) is 18.5. The number of carboxylic acid groups (broad SMARTS) is 1. The van der Waals surface area contributed by atoms with E-state index in [1.165, 1.54) is 16.9 Å². The number of thiophene rings is 1. The highest BCUT2D eigenvalue weighted by atomic mass is 32.2. The number of hydrogen-bond acceptors (Lipinski definition) is 10. The maximum Gasteiger partial charge on any atom is 0.320 e. The van der Waals surface area contributed by atoms with Crippen molar-refractivity contribution >= 4 is 45.1 Å². The first kappa shape index (κ1) is 20.6. The summed E-state index contributed by atoms with van der Waals surface area (Å²) in [4.78, 5) is 26.4. The molecule has 0 spiro atoms. The molecule has 0 radical (unpaired) electrons. The van der Waals surface area contributed by atoms with Crippen molar-refractivity contribution in [2.75, 3.05) is 11.5 Å². The predicted octanol–water partition coefficient (Wildman–Crippen LogP) is 2.88. The van der Waals surface area contributed by atoms with Crippen LogP contribution in [0.15, 0.2) is 29.6 Å². The Labute approximate surface area is 190 Å². The first-order chi connectivity index (χ1) is 15.6. The summed E-state index contributed by atoms with van der Waals surface area (Å²) in [5.41, 5.74) is 7.53. The van der Waals surface area contributed by atoms with Crippen molar-refractivity contribution in [1.29, 1.82) is 0 Å². The van der Waals surface area contributed by atoms with E-state index in [0.29, 0.717) is 22.6 Å². The quantitative estimate of drug-likeness (QED) is 0.388. The van der Waals surface area contributed by atoms with Crippen LogP contribution < -0.4 is 10.5 Å². The number of nitrogens with two attached hydrogens (primary N) is 1. The molecule has 5 rings (SSSR count). The van der Waals surface area contributed by atoms with Gasteiger partial charge in [-0.25, -0.2) is 4.98 Å². The van der Waals surface area contributed by atoms with Gasteiger partial charge in [0, 0.05) is 11.1 Å². The van der Waals surface area contributed by atoms with Crippen molar-refractivity contribution in [2.24, 2.45) is 0 Å². The first-order valence-corrected chi connectivity index (χ1v) is 11.8. The fourth-order valence-corrected chi connectivity index (χ4v) is 5.63. The summed E-state index contributed by atoms with van der Waals surface area (Å²) >= 11 is 2.71. The van der Waals surface area contributed by atoms with Gasteiger partial charge in [-0.05, 0) is 43.4 Å². The summed E-state index contributed by atoms with van der Waals surface area (Å²) in [5.74, 6) is 0.341. The maximum absolute atomic E-state index is 11.0. The maximum atomic E-state index is 11.0. The van der Waals surface area contributed by atoms with Gasteiger partial charge in [0.2, 0.25) is 0 Å². The van der Waals surface area contributed by atoms with Crippen LogP contribution >= 0.6 is 23.1 Å². The van der Waals surface area contributed by atoms with Crippen molar-refractivity contribution in [2.45, 2.75) is 37.4 Å². The van der Waals surface area contributed by atoms with E-state index < -0.39 is 5.97 Å². The molecule has 164 valence electrons. The Balaban J connectivity index is 1.43. The molecule has 0 saturated carbocycles. The van der Waals surface area contributed by atoms with Gasteiger partial charge in [0.25, 0.3) is 0 Å². The number of aryl methyl sites for hydroxylation is 2. The Bertz CT molecular complexity index is 1290. The molecule has 4 aromatic rings. The number of aromatic nitrogens is 6. The normalized spacial score (nSPS) is 13.2. The lowest BCUT2D eigenvalue weighted by Crippen LogP contribution is -2.10. The van der Waals surface area contributed by atoms with E-state index in [2.05, 4.69) is 25.1 Å². The molecule has 0 aliphatic heterocycles. The van der Waals surface area contributed by atoms with Crippen molar-refractivity contribution in [3.8, 4) is 11.8 Å². The average Bonchev–Trinajstić information content (AvgIpc) is 3.38. The molecule has 32 heavy (non-hydrogen) atoms. The summed E-state index contributed by atoms with van der Waals surface area (Å²) in [6, 6.07) is 5.58. The summed E-state index contributed by atoms with van der Waals surface area (Å²) in [6.07, 6.45) is 6.04. The molecule has 1 aliphatic rings. The van der Waals surface area contributed by atoms with Crippen molar-refractivity contribution in [3.63, 3.8) is 0 Å². The molecule has 0 fully saturated rings. The van der Waals surface area contributed by atoms with Crippen molar-refractivity contribution < 1.29 is 14.6 Å². The minimum Gasteiger partial charge on any atom is -0.481 e. The van der Waals surface area contributed by atoms with E-state index in [9.17, 15) is 4.79 Å². The number of hydrogen-bond donors (Lipinski definition) is 2. The number of pyridine rings is 1. The zero-order valence-electron chi connectivity index (χ0n) is 16.9. The van der Waals surface area contributed by atoms with Crippen LogP contribution in [0.1, 0.15) is 29.1 Å². The summed E-state index contributed by atoms with van der Waals surface area (Å²) < 4.78 is 7.51. The largest absolute Gasteiger partial charge is 0.481 e. The smallest absolute Gasteiger partial charge is 0.320 e. The van der Waals surface area contributed by atoms with E-state index in [1.807, 2.05) is 6.07 Å². The highest BCUT2D eigenvalue weighted by molar-refractivity contribution is 7.99. The SMILES string of the molecule is Nc1nc(OCc2nnc(SCC(=O)O)n2-c2ccccn2)nc2sc3c(c12)CCCC3. The third-order valence-electron chi connectivity index (χ3n) is 5.06. The molecule has 4 heterocycles. The summed E-state index contributed by atoms with van der Waals surface area (Å²) in [5, 5.41) is 18.7.